The van der Waals surface area contributed by atoms with Crippen molar-refractivity contribution in [2.24, 2.45) is 0 Å². The van der Waals surface area contributed by atoms with Crippen LogP contribution in [0.5, 0.6) is 0 Å². The molecule has 5 heavy (non-hydrogen) atoms. The van der Waals surface area contributed by atoms with Gasteiger partial charge < -0.3 is 4.46 Å². The van der Waals surface area contributed by atoms with Gasteiger partial charge in [0.2, 0.25) is 0 Å². The molecule has 0 bridgehead atoms. The third kappa shape index (κ3) is 3.57. The van der Waals surface area contributed by atoms with Gasteiger partial charge in [-0.3, -0.25) is 0 Å². The van der Waals surface area contributed by atoms with Crippen LogP contribution in [0.25, 0.3) is 0 Å². The van der Waals surface area contributed by atoms with Crippen molar-refractivity contribution in [1.29, 1.82) is 5.26 Å². The monoisotopic (exact) mass is 81.0 g/mol. The lowest BCUT2D eigenvalue weighted by atomic mass is 10.8. The number of nitrogens with zero attached hydrogens (tertiary/aromatic N) is 1. The highest BCUT2D eigenvalue weighted by molar-refractivity contribution is 6.98. The Morgan fingerprint density at radius 1 is 2.00 bits per heavy atom. The van der Waals surface area contributed by atoms with Crippen LogP contribution in [-0.4, -0.2) is 16.0 Å². The van der Waals surface area contributed by atoms with Crippen LogP contribution in [0.4, 0.5) is 0 Å². The quantitative estimate of drug-likeness (QED) is 0.356. The Hall–Kier alpha value is -0.428. The Labute approximate surface area is 32.4 Å². The van der Waals surface area contributed by atoms with E-state index in [1.807, 2.05) is 0 Å². The van der Waals surface area contributed by atoms with Gasteiger partial charge in [0.05, 0.1) is 5.69 Å². The number of nitriles is 1. The van der Waals surface area contributed by atoms with E-state index in [9.17, 15) is 4.46 Å². The second-order valence-corrected chi connectivity index (χ2v) is 1.43. The van der Waals surface area contributed by atoms with E-state index in [0.29, 0.717) is 0 Å². The van der Waals surface area contributed by atoms with Gasteiger partial charge >= 0.3 is 8.55 Å². The minimum Gasteiger partial charge on any atom is -0.381 e. The highest BCUT2D eigenvalue weighted by Gasteiger charge is 1.81. The van der Waals surface area contributed by atoms with Crippen LogP contribution in [0.2, 0.25) is 0 Å². The van der Waals surface area contributed by atoms with Crippen molar-refractivity contribution < 1.29 is 4.46 Å². The Morgan fingerprint density at radius 2 is 2.20 bits per heavy atom. The summed E-state index contributed by atoms with van der Waals surface area (Å²) >= 11 is 0. The molecule has 0 aromatic rings. The molecule has 0 aliphatic rings. The van der Waals surface area contributed by atoms with Gasteiger partial charge in [0.15, 0.2) is 7.44 Å². The van der Waals surface area contributed by atoms with E-state index in [2.05, 4.69) is 7.44 Å². The van der Waals surface area contributed by atoms with Crippen LogP contribution < -0.4 is 0 Å². The van der Waals surface area contributed by atoms with Crippen LogP contribution in [0.3, 0.4) is 0 Å². The summed E-state index contributed by atoms with van der Waals surface area (Å²) in [5.74, 6) is 0. The molecule has 0 N–H and O–H groups in total. The minimum atomic E-state index is -2.32. The summed E-state index contributed by atoms with van der Waals surface area (Å²) in [6.07, 6.45) is 0. The lowest BCUT2D eigenvalue weighted by Gasteiger charge is -1.49. The van der Waals surface area contributed by atoms with Crippen molar-refractivity contribution in [2.75, 3.05) is 0 Å². The van der Waals surface area contributed by atoms with E-state index in [-0.39, 0.29) is 0 Å². The topological polar surface area (TPSA) is 40.9 Å². The van der Waals surface area contributed by atoms with Gasteiger partial charge in [0.1, 0.15) is 0 Å². The molecule has 0 atom stereocenters. The molecular weight excluding hydrogens is 80.9 g/mol. The molecule has 0 amide bonds. The van der Waals surface area contributed by atoms with Crippen molar-refractivity contribution in [3.05, 3.63) is 0 Å². The molecule has 4 heteroatoms. The first kappa shape index (κ1) is 4.57. The second-order valence-electron chi connectivity index (χ2n) is 0.476. The van der Waals surface area contributed by atoms with E-state index in [1.165, 1.54) is 5.69 Å². The Balaban J connectivity index is 3.35. The van der Waals surface area contributed by atoms with Crippen LogP contribution in [-0.2, 0) is 4.46 Å². The molecule has 0 heterocycles. The maximum atomic E-state index is 9.41. The normalized spacial score (nSPS) is 5.40. The minimum absolute atomic E-state index is 1.35. The summed E-state index contributed by atoms with van der Waals surface area (Å²) in [6.45, 7) is 0. The molecule has 22 valence electrons. The van der Waals surface area contributed by atoms with Crippen LogP contribution in [0, 0.1) is 11.0 Å². The average molecular weight is 80.9 g/mol. The van der Waals surface area contributed by atoms with Crippen molar-refractivity contribution in [2.45, 2.75) is 0 Å². The summed E-state index contributed by atoms with van der Waals surface area (Å²) in [7, 11) is 2.16. The number of rotatable bonds is 0. The largest absolute Gasteiger partial charge is 0.381 e. The fourth-order valence-electron chi connectivity index (χ4n) is 0. The fraction of sp³-hybridized carbons (Fsp3) is 0. The number of hydrogen-bond donors (Lipinski definition) is 0. The zero-order chi connectivity index (χ0) is 4.28. The van der Waals surface area contributed by atoms with Crippen molar-refractivity contribution in [3.8, 4) is 5.69 Å². The van der Waals surface area contributed by atoms with Gasteiger partial charge in [-0.15, -0.1) is 0 Å². The van der Waals surface area contributed by atoms with Gasteiger partial charge in [-0.25, -0.2) is 0 Å². The maximum Gasteiger partial charge on any atom is 0.330 e. The van der Waals surface area contributed by atoms with Crippen molar-refractivity contribution in [1.82, 2.24) is 0 Å². The molecule has 0 saturated heterocycles. The van der Waals surface area contributed by atoms with E-state index in [1.54, 1.807) is 0 Å². The van der Waals surface area contributed by atoms with Gasteiger partial charge in [-0.05, 0) is 0 Å². The SMILES string of the molecule is [B][Si](=O)C#N. The van der Waals surface area contributed by atoms with E-state index < -0.39 is 8.55 Å². The Kier molecular flexibility index (Phi) is 1.69. The molecule has 0 aromatic carbocycles. The first-order valence-corrected chi connectivity index (χ1v) is 2.45. The van der Waals surface area contributed by atoms with Crippen molar-refractivity contribution in [3.63, 3.8) is 0 Å². The van der Waals surface area contributed by atoms with Gasteiger partial charge in [0.25, 0.3) is 0 Å². The summed E-state index contributed by atoms with van der Waals surface area (Å²) in [4.78, 5) is 0. The van der Waals surface area contributed by atoms with E-state index in [4.69, 9.17) is 5.26 Å². The smallest absolute Gasteiger partial charge is 0.330 e. The van der Waals surface area contributed by atoms with Gasteiger partial charge in [-0.2, -0.15) is 5.26 Å². The summed E-state index contributed by atoms with van der Waals surface area (Å²) in [5, 5.41) is 7.50. The molecular formula is CBNOSi. The molecule has 0 fully saturated rings. The lowest BCUT2D eigenvalue weighted by molar-refractivity contribution is 0.579. The van der Waals surface area contributed by atoms with Crippen molar-refractivity contribution >= 4 is 16.0 Å². The molecule has 2 nitrogen and oxygen atoms in total. The van der Waals surface area contributed by atoms with Gasteiger partial charge in [-0.1, -0.05) is 0 Å². The molecule has 0 spiro atoms. The maximum absolute atomic E-state index is 9.41. The molecule has 0 unspecified atom stereocenters. The van der Waals surface area contributed by atoms with Crippen LogP contribution in [0.1, 0.15) is 0 Å². The summed E-state index contributed by atoms with van der Waals surface area (Å²) < 4.78 is 9.41. The number of hydrogen-bond acceptors (Lipinski definition) is 2. The highest BCUT2D eigenvalue weighted by Crippen LogP contribution is 1.39. The molecule has 0 aromatic heterocycles. The Bertz CT molecular complexity index is 84.1. The predicted molar refractivity (Wildman–Crippen MR) is 17.8 cm³/mol. The third-order valence-corrected chi connectivity index (χ3v) is 0.331. The zero-order valence-corrected chi connectivity index (χ0v) is 3.43. The van der Waals surface area contributed by atoms with E-state index >= 15 is 0 Å². The average Bonchev–Trinajstić information content (AvgIpc) is 1.38. The first-order chi connectivity index (χ1) is 2.27. The third-order valence-electron chi connectivity index (χ3n) is 0.110. The lowest BCUT2D eigenvalue weighted by Crippen LogP contribution is -1.90. The van der Waals surface area contributed by atoms with Crippen LogP contribution >= 0.6 is 0 Å². The molecule has 0 saturated carbocycles. The Morgan fingerprint density at radius 3 is 2.20 bits per heavy atom. The highest BCUT2D eigenvalue weighted by atomic mass is 28.2. The van der Waals surface area contributed by atoms with Gasteiger partial charge in [0, 0.05) is 0 Å². The second kappa shape index (κ2) is 1.85. The zero-order valence-electron chi connectivity index (χ0n) is 2.43. The molecule has 0 aliphatic carbocycles. The standard InChI is InChI=1S/CBNOSi/c2-5(4)1-3. The molecule has 0 rings (SSSR count). The molecule has 2 radical (unpaired) electrons. The molecule has 0 aliphatic heterocycles. The fourth-order valence-corrected chi connectivity index (χ4v) is 0. The first-order valence-electron chi connectivity index (χ1n) is 0.966. The summed E-state index contributed by atoms with van der Waals surface area (Å²) in [6, 6.07) is 0. The van der Waals surface area contributed by atoms with E-state index in [0.717, 1.165) is 0 Å². The van der Waals surface area contributed by atoms with Crippen LogP contribution in [0.15, 0.2) is 0 Å². The predicted octanol–water partition coefficient (Wildman–Crippen LogP) is -0.864. The summed E-state index contributed by atoms with van der Waals surface area (Å²) in [5.41, 5.74) is 1.35.